The van der Waals surface area contributed by atoms with E-state index in [1.807, 2.05) is 77.9 Å². The van der Waals surface area contributed by atoms with Crippen molar-refractivity contribution in [1.29, 1.82) is 0 Å². The lowest BCUT2D eigenvalue weighted by Gasteiger charge is -2.34. The summed E-state index contributed by atoms with van der Waals surface area (Å²) in [5, 5.41) is 2.95. The summed E-state index contributed by atoms with van der Waals surface area (Å²) in [7, 11) is -4.10. The maximum absolute atomic E-state index is 14.1. The number of hydrogen-bond donors (Lipinski definition) is 1. The van der Waals surface area contributed by atoms with Crippen LogP contribution >= 0.6 is 0 Å². The number of carbonyl (C=O) groups is 2. The molecule has 0 fully saturated rings. The van der Waals surface area contributed by atoms with Gasteiger partial charge in [-0.25, -0.2) is 8.42 Å². The molecule has 2 amide bonds. The van der Waals surface area contributed by atoms with Gasteiger partial charge in [0.15, 0.2) is 0 Å². The first-order chi connectivity index (χ1) is 18.7. The predicted octanol–water partition coefficient (Wildman–Crippen LogP) is 5.39. The zero-order chi connectivity index (χ0) is 29.7. The van der Waals surface area contributed by atoms with Gasteiger partial charge in [-0.1, -0.05) is 72.6 Å². The molecule has 40 heavy (non-hydrogen) atoms. The Morgan fingerprint density at radius 2 is 1.55 bits per heavy atom. The van der Waals surface area contributed by atoms with Crippen molar-refractivity contribution >= 4 is 27.5 Å². The third-order valence-corrected chi connectivity index (χ3v) is 8.40. The van der Waals surface area contributed by atoms with Crippen LogP contribution in [0.15, 0.2) is 77.7 Å². The van der Waals surface area contributed by atoms with Crippen LogP contribution in [0, 0.1) is 13.8 Å². The van der Waals surface area contributed by atoms with Crippen LogP contribution in [-0.4, -0.2) is 43.3 Å². The van der Waals surface area contributed by atoms with Crippen LogP contribution in [0.4, 0.5) is 5.69 Å². The minimum atomic E-state index is -4.10. The Kier molecular flexibility index (Phi) is 9.79. The monoisotopic (exact) mass is 563 g/mol. The summed E-state index contributed by atoms with van der Waals surface area (Å²) >= 11 is 0. The van der Waals surface area contributed by atoms with Gasteiger partial charge in [0.25, 0.3) is 10.0 Å². The quantitative estimate of drug-likeness (QED) is 0.358. The van der Waals surface area contributed by atoms with E-state index in [-0.39, 0.29) is 17.3 Å². The molecule has 0 saturated carbocycles. The van der Waals surface area contributed by atoms with E-state index < -0.39 is 34.1 Å². The highest BCUT2D eigenvalue weighted by atomic mass is 32.2. The lowest BCUT2D eigenvalue weighted by atomic mass is 10.1. The Hall–Kier alpha value is -3.65. The summed E-state index contributed by atoms with van der Waals surface area (Å²) in [5.74, 6) is -0.782. The molecular weight excluding hydrogens is 522 g/mol. The number of hydrogen-bond acceptors (Lipinski definition) is 4. The summed E-state index contributed by atoms with van der Waals surface area (Å²) in [6.45, 7) is 12.8. The Labute approximate surface area is 239 Å². The highest BCUT2D eigenvalue weighted by Gasteiger charge is 2.34. The minimum Gasteiger partial charge on any atom is -0.350 e. The van der Waals surface area contributed by atoms with Crippen molar-refractivity contribution in [3.63, 3.8) is 0 Å². The molecule has 0 bridgehead atoms. The van der Waals surface area contributed by atoms with Crippen molar-refractivity contribution in [2.45, 2.75) is 77.9 Å². The number of amides is 2. The van der Waals surface area contributed by atoms with Crippen LogP contribution in [0.1, 0.15) is 56.9 Å². The van der Waals surface area contributed by atoms with Crippen molar-refractivity contribution in [2.75, 3.05) is 10.8 Å². The van der Waals surface area contributed by atoms with Gasteiger partial charge in [-0.05, 0) is 77.3 Å². The van der Waals surface area contributed by atoms with E-state index in [2.05, 4.69) is 5.32 Å². The van der Waals surface area contributed by atoms with Gasteiger partial charge in [-0.15, -0.1) is 0 Å². The van der Waals surface area contributed by atoms with E-state index in [9.17, 15) is 18.0 Å². The molecule has 0 aliphatic carbocycles. The molecule has 0 aliphatic rings. The second-order valence-electron chi connectivity index (χ2n) is 11.2. The Balaban J connectivity index is 2.08. The van der Waals surface area contributed by atoms with Gasteiger partial charge >= 0.3 is 0 Å². The highest BCUT2D eigenvalue weighted by molar-refractivity contribution is 7.92. The topological polar surface area (TPSA) is 86.8 Å². The average Bonchev–Trinajstić information content (AvgIpc) is 2.89. The molecule has 0 spiro atoms. The fourth-order valence-electron chi connectivity index (χ4n) is 4.47. The number of benzene rings is 3. The average molecular weight is 564 g/mol. The van der Waals surface area contributed by atoms with Crippen molar-refractivity contribution in [3.8, 4) is 0 Å². The van der Waals surface area contributed by atoms with E-state index in [4.69, 9.17) is 0 Å². The lowest BCUT2D eigenvalue weighted by molar-refractivity contribution is -0.140. The molecule has 1 unspecified atom stereocenters. The van der Waals surface area contributed by atoms with Gasteiger partial charge in [0.1, 0.15) is 12.6 Å². The van der Waals surface area contributed by atoms with Gasteiger partial charge in [-0.2, -0.15) is 0 Å². The predicted molar refractivity (Wildman–Crippen MR) is 161 cm³/mol. The molecule has 0 aromatic heterocycles. The molecule has 3 aromatic carbocycles. The summed E-state index contributed by atoms with van der Waals surface area (Å²) in [5.41, 5.74) is 3.56. The molecule has 7 nitrogen and oxygen atoms in total. The maximum atomic E-state index is 14.1. The molecule has 214 valence electrons. The number of rotatable bonds is 10. The van der Waals surface area contributed by atoms with Crippen LogP contribution < -0.4 is 9.62 Å². The molecule has 0 radical (unpaired) electrons. The van der Waals surface area contributed by atoms with Gasteiger partial charge in [0.2, 0.25) is 11.8 Å². The fourth-order valence-corrected chi connectivity index (χ4v) is 5.92. The molecule has 0 saturated heterocycles. The first kappa shape index (κ1) is 30.9. The van der Waals surface area contributed by atoms with E-state index in [0.29, 0.717) is 12.1 Å². The highest BCUT2D eigenvalue weighted by Crippen LogP contribution is 2.28. The third kappa shape index (κ3) is 7.72. The van der Waals surface area contributed by atoms with Crippen LogP contribution in [0.5, 0.6) is 0 Å². The molecule has 0 heterocycles. The van der Waals surface area contributed by atoms with E-state index in [1.54, 1.807) is 43.3 Å². The standard InChI is InChI=1S/C32H41N3O4S/c1-8-27-14-9-10-15-29(27)35(40(38,39)28-18-16-23(2)17-19-28)22-30(36)34(21-26-13-11-12-24(3)20-26)25(4)31(37)33-32(5,6)7/h9-20,25H,8,21-22H2,1-7H3,(H,33,37). The van der Waals surface area contributed by atoms with Gasteiger partial charge in [-0.3, -0.25) is 13.9 Å². The summed E-state index contributed by atoms with van der Waals surface area (Å²) < 4.78 is 29.3. The van der Waals surface area contributed by atoms with Crippen LogP contribution in [0.2, 0.25) is 0 Å². The van der Waals surface area contributed by atoms with Crippen LogP contribution in [0.3, 0.4) is 0 Å². The third-order valence-electron chi connectivity index (χ3n) is 6.63. The number of anilines is 1. The van der Waals surface area contributed by atoms with Gasteiger partial charge in [0.05, 0.1) is 10.6 Å². The number of para-hydroxylation sites is 1. The summed E-state index contributed by atoms with van der Waals surface area (Å²) in [4.78, 5) is 28.9. The van der Waals surface area contributed by atoms with Crippen molar-refractivity contribution in [1.82, 2.24) is 10.2 Å². The maximum Gasteiger partial charge on any atom is 0.264 e. The Morgan fingerprint density at radius 3 is 2.15 bits per heavy atom. The second kappa shape index (κ2) is 12.7. The van der Waals surface area contributed by atoms with Crippen molar-refractivity contribution in [3.05, 3.63) is 95.1 Å². The van der Waals surface area contributed by atoms with Crippen molar-refractivity contribution < 1.29 is 18.0 Å². The Morgan fingerprint density at radius 1 is 0.900 bits per heavy atom. The van der Waals surface area contributed by atoms with E-state index >= 15 is 0 Å². The summed E-state index contributed by atoms with van der Waals surface area (Å²) in [6, 6.07) is 20.7. The number of sulfonamides is 1. The van der Waals surface area contributed by atoms with Crippen LogP contribution in [0.25, 0.3) is 0 Å². The van der Waals surface area contributed by atoms with Crippen LogP contribution in [-0.2, 0) is 32.6 Å². The largest absolute Gasteiger partial charge is 0.350 e. The lowest BCUT2D eigenvalue weighted by Crippen LogP contribution is -2.54. The molecule has 1 atom stereocenters. The Bertz CT molecular complexity index is 1440. The number of nitrogens with zero attached hydrogens (tertiary/aromatic N) is 2. The molecule has 1 N–H and O–H groups in total. The first-order valence-corrected chi connectivity index (χ1v) is 15.0. The van der Waals surface area contributed by atoms with Gasteiger partial charge < -0.3 is 10.2 Å². The zero-order valence-electron chi connectivity index (χ0n) is 24.6. The molecule has 0 aliphatic heterocycles. The molecular formula is C32H41N3O4S. The SMILES string of the molecule is CCc1ccccc1N(CC(=O)N(Cc1cccc(C)c1)C(C)C(=O)NC(C)(C)C)S(=O)(=O)c1ccc(C)cc1. The zero-order valence-corrected chi connectivity index (χ0v) is 25.4. The second-order valence-corrected chi connectivity index (χ2v) is 13.1. The first-order valence-electron chi connectivity index (χ1n) is 13.6. The van der Waals surface area contributed by atoms with Gasteiger partial charge in [0, 0.05) is 12.1 Å². The van der Waals surface area contributed by atoms with Crippen molar-refractivity contribution in [2.24, 2.45) is 0 Å². The number of nitrogens with one attached hydrogen (secondary N) is 1. The minimum absolute atomic E-state index is 0.0977. The van der Waals surface area contributed by atoms with E-state index in [0.717, 1.165) is 22.3 Å². The molecule has 3 aromatic rings. The number of carbonyl (C=O) groups excluding carboxylic acids is 2. The fraction of sp³-hybridized carbons (Fsp3) is 0.375. The number of aryl methyl sites for hydroxylation is 3. The smallest absolute Gasteiger partial charge is 0.264 e. The summed E-state index contributed by atoms with van der Waals surface area (Å²) in [6.07, 6.45) is 0.585. The molecule has 3 rings (SSSR count). The normalized spacial score (nSPS) is 12.5. The van der Waals surface area contributed by atoms with E-state index in [1.165, 1.54) is 9.21 Å². The molecule has 8 heteroatoms.